The first-order valence-corrected chi connectivity index (χ1v) is 12.2. The predicted octanol–water partition coefficient (Wildman–Crippen LogP) is 5.25. The second kappa shape index (κ2) is 11.6. The quantitative estimate of drug-likeness (QED) is 0.536. The minimum absolute atomic E-state index is 0.0963. The van der Waals surface area contributed by atoms with E-state index in [0.717, 1.165) is 29.5 Å². The number of halogens is 1. The van der Waals surface area contributed by atoms with E-state index >= 15 is 0 Å². The van der Waals surface area contributed by atoms with Gasteiger partial charge in [-0.2, -0.15) is 0 Å². The highest BCUT2D eigenvalue weighted by molar-refractivity contribution is 6.27. The van der Waals surface area contributed by atoms with E-state index in [1.807, 2.05) is 55.5 Å². The number of amides is 2. The molecule has 1 aliphatic rings. The number of alkyl halides is 1. The molecular formula is C27H35ClN2O3. The molecule has 1 fully saturated rings. The van der Waals surface area contributed by atoms with Gasteiger partial charge in [-0.05, 0) is 48.4 Å². The average Bonchev–Trinajstić information content (AvgIpc) is 2.82. The molecular weight excluding hydrogens is 436 g/mol. The van der Waals surface area contributed by atoms with Crippen LogP contribution >= 0.6 is 11.6 Å². The van der Waals surface area contributed by atoms with Crippen LogP contribution in [-0.4, -0.2) is 35.7 Å². The molecule has 0 spiro atoms. The summed E-state index contributed by atoms with van der Waals surface area (Å²) in [5.74, 6) is 0.996. The van der Waals surface area contributed by atoms with Crippen molar-refractivity contribution < 1.29 is 14.3 Å². The highest BCUT2D eigenvalue weighted by Crippen LogP contribution is 2.31. The van der Waals surface area contributed by atoms with Crippen LogP contribution in [-0.2, 0) is 16.1 Å². The first-order valence-electron chi connectivity index (χ1n) is 11.7. The maximum absolute atomic E-state index is 13.8. The topological polar surface area (TPSA) is 58.6 Å². The van der Waals surface area contributed by atoms with E-state index in [1.165, 1.54) is 6.42 Å². The minimum atomic E-state index is -0.771. The van der Waals surface area contributed by atoms with E-state index < -0.39 is 6.04 Å². The highest BCUT2D eigenvalue weighted by Gasteiger charge is 2.35. The van der Waals surface area contributed by atoms with Crippen LogP contribution in [0.4, 0.5) is 0 Å². The van der Waals surface area contributed by atoms with Gasteiger partial charge in [-0.25, -0.2) is 0 Å². The van der Waals surface area contributed by atoms with Gasteiger partial charge in [0.2, 0.25) is 11.8 Å². The maximum Gasteiger partial charge on any atom is 0.247 e. The Hall–Kier alpha value is -2.53. The van der Waals surface area contributed by atoms with E-state index in [2.05, 4.69) is 19.2 Å². The maximum atomic E-state index is 13.8. The average molecular weight is 471 g/mol. The van der Waals surface area contributed by atoms with Crippen molar-refractivity contribution in [3.8, 4) is 5.75 Å². The molecule has 0 radical (unpaired) electrons. The van der Waals surface area contributed by atoms with Gasteiger partial charge in [0.05, 0.1) is 7.11 Å². The molecule has 33 heavy (non-hydrogen) atoms. The molecule has 4 atom stereocenters. The second-order valence-electron chi connectivity index (χ2n) is 9.20. The van der Waals surface area contributed by atoms with Crippen molar-refractivity contribution in [2.24, 2.45) is 11.8 Å². The molecule has 6 heteroatoms. The number of hydrogen-bond acceptors (Lipinski definition) is 3. The van der Waals surface area contributed by atoms with Gasteiger partial charge in [-0.15, -0.1) is 11.6 Å². The Labute approximate surface area is 202 Å². The van der Waals surface area contributed by atoms with Gasteiger partial charge in [-0.1, -0.05) is 68.7 Å². The zero-order chi connectivity index (χ0) is 24.0. The largest absolute Gasteiger partial charge is 0.497 e. The summed E-state index contributed by atoms with van der Waals surface area (Å²) in [5, 5.41) is 3.28. The standard InChI is InChI=1S/C27H35ClN2O3/c1-18-11-13-22(14-12-18)26(27(32)29-24-10-5-7-19(2)20(24)3)30(25(31)16-28)17-21-8-6-9-23(15-21)33-4/h6,8-9,11-15,19-20,24,26H,5,7,10,16-17H2,1-4H3,(H,29,32)/t19-,20+,24-,26+/m1/s1. The fraction of sp³-hybridized carbons (Fsp3) is 0.481. The van der Waals surface area contributed by atoms with E-state index in [1.54, 1.807) is 12.0 Å². The van der Waals surface area contributed by atoms with Gasteiger partial charge in [0, 0.05) is 12.6 Å². The zero-order valence-electron chi connectivity index (χ0n) is 20.0. The predicted molar refractivity (Wildman–Crippen MR) is 132 cm³/mol. The number of nitrogens with one attached hydrogen (secondary N) is 1. The van der Waals surface area contributed by atoms with Gasteiger partial charge < -0.3 is 15.0 Å². The van der Waals surface area contributed by atoms with Gasteiger partial charge in [0.25, 0.3) is 0 Å². The fourth-order valence-electron chi connectivity index (χ4n) is 4.64. The van der Waals surface area contributed by atoms with Crippen molar-refractivity contribution in [2.45, 2.75) is 58.7 Å². The summed E-state index contributed by atoms with van der Waals surface area (Å²) in [5.41, 5.74) is 2.74. The van der Waals surface area contributed by atoms with E-state index in [9.17, 15) is 9.59 Å². The van der Waals surface area contributed by atoms with Gasteiger partial charge >= 0.3 is 0 Å². The molecule has 0 bridgehead atoms. The Bertz CT molecular complexity index is 947. The zero-order valence-corrected chi connectivity index (χ0v) is 20.8. The number of nitrogens with zero attached hydrogens (tertiary/aromatic N) is 1. The summed E-state index contributed by atoms with van der Waals surface area (Å²) >= 11 is 6.02. The van der Waals surface area contributed by atoms with Crippen molar-refractivity contribution in [3.63, 3.8) is 0 Å². The molecule has 0 heterocycles. The number of hydrogen-bond donors (Lipinski definition) is 1. The van der Waals surface area contributed by atoms with Crippen molar-refractivity contribution >= 4 is 23.4 Å². The van der Waals surface area contributed by atoms with Gasteiger partial charge in [0.1, 0.15) is 17.7 Å². The Morgan fingerprint density at radius 3 is 2.55 bits per heavy atom. The number of carbonyl (C=O) groups excluding carboxylic acids is 2. The number of rotatable bonds is 8. The summed E-state index contributed by atoms with van der Waals surface area (Å²) in [6.45, 7) is 6.70. The Balaban J connectivity index is 1.96. The lowest BCUT2D eigenvalue weighted by atomic mass is 9.78. The van der Waals surface area contributed by atoms with Crippen LogP contribution in [0.3, 0.4) is 0 Å². The number of ether oxygens (including phenoxy) is 1. The number of aryl methyl sites for hydroxylation is 1. The molecule has 1 aliphatic carbocycles. The first-order chi connectivity index (χ1) is 15.8. The number of carbonyl (C=O) groups is 2. The van der Waals surface area contributed by atoms with Crippen LogP contribution in [0.25, 0.3) is 0 Å². The van der Waals surface area contributed by atoms with E-state index in [4.69, 9.17) is 16.3 Å². The van der Waals surface area contributed by atoms with Crippen molar-refractivity contribution in [2.75, 3.05) is 13.0 Å². The molecule has 178 valence electrons. The van der Waals surface area contributed by atoms with Crippen LogP contribution in [0.1, 0.15) is 55.8 Å². The van der Waals surface area contributed by atoms with E-state index in [-0.39, 0.29) is 30.3 Å². The first kappa shape index (κ1) is 25.1. The molecule has 2 aromatic carbocycles. The van der Waals surface area contributed by atoms with Crippen LogP contribution in [0.5, 0.6) is 5.75 Å². The molecule has 2 aromatic rings. The Morgan fingerprint density at radius 2 is 1.88 bits per heavy atom. The molecule has 0 saturated heterocycles. The number of benzene rings is 2. The Morgan fingerprint density at radius 1 is 1.15 bits per heavy atom. The van der Waals surface area contributed by atoms with Crippen LogP contribution in [0, 0.1) is 18.8 Å². The normalized spacial score (nSPS) is 21.2. The highest BCUT2D eigenvalue weighted by atomic mass is 35.5. The summed E-state index contributed by atoms with van der Waals surface area (Å²) in [6, 6.07) is 14.6. The SMILES string of the molecule is COc1cccc(CN(C(=O)CCl)[C@H](C(=O)N[C@@H]2CCC[C@@H](C)[C@@H]2C)c2ccc(C)cc2)c1. The monoisotopic (exact) mass is 470 g/mol. The van der Waals surface area contributed by atoms with Crippen LogP contribution in [0.2, 0.25) is 0 Å². The van der Waals surface area contributed by atoms with E-state index in [0.29, 0.717) is 17.6 Å². The molecule has 3 rings (SSSR count). The molecule has 0 aromatic heterocycles. The third kappa shape index (κ3) is 6.29. The third-order valence-corrected chi connectivity index (χ3v) is 7.14. The lowest BCUT2D eigenvalue weighted by molar-refractivity contribution is -0.140. The molecule has 1 saturated carbocycles. The van der Waals surface area contributed by atoms with Crippen molar-refractivity contribution in [3.05, 3.63) is 65.2 Å². The van der Waals surface area contributed by atoms with Crippen LogP contribution in [0.15, 0.2) is 48.5 Å². The molecule has 5 nitrogen and oxygen atoms in total. The van der Waals surface area contributed by atoms with Crippen molar-refractivity contribution in [1.29, 1.82) is 0 Å². The fourth-order valence-corrected chi connectivity index (χ4v) is 4.79. The lowest BCUT2D eigenvalue weighted by Crippen LogP contribution is -2.50. The molecule has 2 amide bonds. The third-order valence-electron chi connectivity index (χ3n) is 6.91. The summed E-state index contributed by atoms with van der Waals surface area (Å²) < 4.78 is 5.34. The number of methoxy groups -OCH3 is 1. The summed E-state index contributed by atoms with van der Waals surface area (Å²) in [4.78, 5) is 28.4. The molecule has 1 N–H and O–H groups in total. The van der Waals surface area contributed by atoms with Gasteiger partial charge in [0.15, 0.2) is 0 Å². The lowest BCUT2D eigenvalue weighted by Gasteiger charge is -2.37. The van der Waals surface area contributed by atoms with Crippen LogP contribution < -0.4 is 10.1 Å². The molecule has 0 aliphatic heterocycles. The summed E-state index contributed by atoms with van der Waals surface area (Å²) in [7, 11) is 1.61. The minimum Gasteiger partial charge on any atom is -0.497 e. The summed E-state index contributed by atoms with van der Waals surface area (Å²) in [6.07, 6.45) is 3.23. The second-order valence-corrected chi connectivity index (χ2v) is 9.47. The van der Waals surface area contributed by atoms with Crippen molar-refractivity contribution in [1.82, 2.24) is 10.2 Å². The van der Waals surface area contributed by atoms with Gasteiger partial charge in [-0.3, -0.25) is 9.59 Å². The Kier molecular flexibility index (Phi) is 8.79. The molecule has 0 unspecified atom stereocenters. The smallest absolute Gasteiger partial charge is 0.247 e.